The molecule has 0 radical (unpaired) electrons. The summed E-state index contributed by atoms with van der Waals surface area (Å²) in [5, 5.41) is 33.1. The zero-order valence-electron chi connectivity index (χ0n) is 12.1. The minimum Gasteiger partial charge on any atom is -0.506 e. The predicted molar refractivity (Wildman–Crippen MR) is 79.0 cm³/mol. The Labute approximate surface area is 123 Å². The van der Waals surface area contributed by atoms with E-state index in [4.69, 9.17) is 14.9 Å². The standard InChI is InChI=1S/C13H21N3O5/c1-14-10-7-11(19)9(8-12(10)21-2)15-13(20)16(3-5-17)4-6-18/h7-8,14,17-19H,3-6H2,1-2H3,(H,15,20). The third kappa shape index (κ3) is 4.40. The van der Waals surface area contributed by atoms with Crippen LogP contribution in [-0.2, 0) is 0 Å². The highest BCUT2D eigenvalue weighted by Crippen LogP contribution is 2.35. The van der Waals surface area contributed by atoms with Crippen molar-refractivity contribution >= 4 is 17.4 Å². The lowest BCUT2D eigenvalue weighted by atomic mass is 10.2. The molecule has 0 fully saturated rings. The number of benzene rings is 1. The summed E-state index contributed by atoms with van der Waals surface area (Å²) in [7, 11) is 3.16. The molecule has 0 saturated carbocycles. The van der Waals surface area contributed by atoms with Crippen LogP contribution in [0, 0.1) is 0 Å². The quantitative estimate of drug-likeness (QED) is 0.461. The van der Waals surface area contributed by atoms with Gasteiger partial charge in [0.05, 0.1) is 31.7 Å². The Balaban J connectivity index is 2.93. The van der Waals surface area contributed by atoms with Crippen LogP contribution < -0.4 is 15.4 Å². The number of nitrogens with zero attached hydrogens (tertiary/aromatic N) is 1. The fourth-order valence-electron chi connectivity index (χ4n) is 1.78. The number of aromatic hydroxyl groups is 1. The molecule has 0 heterocycles. The first kappa shape index (κ1) is 16.9. The summed E-state index contributed by atoms with van der Waals surface area (Å²) in [4.78, 5) is 13.3. The van der Waals surface area contributed by atoms with E-state index in [0.29, 0.717) is 11.4 Å². The number of phenolic OH excluding ortho intramolecular Hbond substituents is 1. The van der Waals surface area contributed by atoms with Crippen LogP contribution in [0.1, 0.15) is 0 Å². The maximum atomic E-state index is 12.0. The van der Waals surface area contributed by atoms with Gasteiger partial charge in [-0.25, -0.2) is 4.79 Å². The van der Waals surface area contributed by atoms with Gasteiger partial charge in [0.2, 0.25) is 0 Å². The van der Waals surface area contributed by atoms with E-state index in [1.807, 2.05) is 0 Å². The Morgan fingerprint density at radius 3 is 2.33 bits per heavy atom. The van der Waals surface area contributed by atoms with E-state index in [0.717, 1.165) is 0 Å². The number of hydrogen-bond donors (Lipinski definition) is 5. The maximum absolute atomic E-state index is 12.0. The number of rotatable bonds is 7. The van der Waals surface area contributed by atoms with E-state index in [1.54, 1.807) is 7.05 Å². The molecule has 118 valence electrons. The highest BCUT2D eigenvalue weighted by atomic mass is 16.5. The van der Waals surface area contributed by atoms with Gasteiger partial charge in [-0.3, -0.25) is 0 Å². The number of hydrogen-bond acceptors (Lipinski definition) is 6. The average Bonchev–Trinajstić information content (AvgIpc) is 2.48. The van der Waals surface area contributed by atoms with Gasteiger partial charge in [0, 0.05) is 32.3 Å². The number of anilines is 2. The number of nitrogens with one attached hydrogen (secondary N) is 2. The lowest BCUT2D eigenvalue weighted by Gasteiger charge is -2.22. The van der Waals surface area contributed by atoms with Crippen LogP contribution in [0.15, 0.2) is 12.1 Å². The molecule has 0 unspecified atom stereocenters. The Morgan fingerprint density at radius 2 is 1.86 bits per heavy atom. The summed E-state index contributed by atoms with van der Waals surface area (Å²) in [5.41, 5.74) is 0.757. The largest absolute Gasteiger partial charge is 0.506 e. The molecule has 0 aliphatic carbocycles. The number of ether oxygens (including phenoxy) is 1. The van der Waals surface area contributed by atoms with Crippen molar-refractivity contribution in [2.75, 3.05) is 51.1 Å². The first-order chi connectivity index (χ1) is 10.1. The maximum Gasteiger partial charge on any atom is 0.322 e. The van der Waals surface area contributed by atoms with Crippen LogP contribution in [0.25, 0.3) is 0 Å². The molecule has 0 aliphatic rings. The number of carbonyl (C=O) groups excluding carboxylic acids is 1. The number of aliphatic hydroxyl groups is 2. The first-order valence-electron chi connectivity index (χ1n) is 6.43. The van der Waals surface area contributed by atoms with Crippen LogP contribution in [0.4, 0.5) is 16.2 Å². The van der Waals surface area contributed by atoms with Gasteiger partial charge < -0.3 is 35.6 Å². The molecule has 8 nitrogen and oxygen atoms in total. The van der Waals surface area contributed by atoms with Gasteiger partial charge in [0.15, 0.2) is 0 Å². The van der Waals surface area contributed by atoms with Crippen molar-refractivity contribution in [3.8, 4) is 11.5 Å². The molecule has 0 spiro atoms. The number of urea groups is 1. The summed E-state index contributed by atoms with van der Waals surface area (Å²) >= 11 is 0. The van der Waals surface area contributed by atoms with E-state index < -0.39 is 6.03 Å². The highest BCUT2D eigenvalue weighted by molar-refractivity contribution is 5.92. The molecular formula is C13H21N3O5. The fourth-order valence-corrected chi connectivity index (χ4v) is 1.78. The number of phenols is 1. The van der Waals surface area contributed by atoms with Crippen molar-refractivity contribution in [3.63, 3.8) is 0 Å². The second-order valence-corrected chi connectivity index (χ2v) is 4.18. The zero-order chi connectivity index (χ0) is 15.8. The molecule has 0 bridgehead atoms. The summed E-state index contributed by atoms with van der Waals surface area (Å²) < 4.78 is 5.15. The van der Waals surface area contributed by atoms with Crippen LogP contribution in [0.2, 0.25) is 0 Å². The van der Waals surface area contributed by atoms with Crippen molar-refractivity contribution in [2.24, 2.45) is 0 Å². The Bertz CT molecular complexity index is 475. The summed E-state index contributed by atoms with van der Waals surface area (Å²) in [5.74, 6) is 0.336. The minimum atomic E-state index is -0.535. The minimum absolute atomic E-state index is 0.0822. The van der Waals surface area contributed by atoms with Crippen LogP contribution in [-0.4, -0.2) is 66.7 Å². The van der Waals surface area contributed by atoms with Crippen molar-refractivity contribution in [3.05, 3.63) is 12.1 Å². The third-order valence-electron chi connectivity index (χ3n) is 2.86. The van der Waals surface area contributed by atoms with E-state index in [2.05, 4.69) is 10.6 Å². The molecule has 21 heavy (non-hydrogen) atoms. The van der Waals surface area contributed by atoms with E-state index in [-0.39, 0.29) is 37.7 Å². The Kier molecular flexibility index (Phi) is 6.57. The molecule has 8 heteroatoms. The average molecular weight is 299 g/mol. The Morgan fingerprint density at radius 1 is 1.24 bits per heavy atom. The molecule has 5 N–H and O–H groups in total. The van der Waals surface area contributed by atoms with E-state index >= 15 is 0 Å². The molecule has 1 rings (SSSR count). The van der Waals surface area contributed by atoms with Gasteiger partial charge in [-0.1, -0.05) is 0 Å². The smallest absolute Gasteiger partial charge is 0.322 e. The second kappa shape index (κ2) is 8.18. The normalized spacial score (nSPS) is 10.1. The van der Waals surface area contributed by atoms with E-state index in [9.17, 15) is 9.90 Å². The van der Waals surface area contributed by atoms with Crippen LogP contribution >= 0.6 is 0 Å². The van der Waals surface area contributed by atoms with Crippen molar-refractivity contribution in [1.82, 2.24) is 4.90 Å². The number of aliphatic hydroxyl groups excluding tert-OH is 2. The predicted octanol–water partition coefficient (Wildman–Crippen LogP) is 0.261. The summed E-state index contributed by atoms with van der Waals surface area (Å²) in [6.07, 6.45) is 0. The Hall–Kier alpha value is -2.19. The topological polar surface area (TPSA) is 114 Å². The van der Waals surface area contributed by atoms with Gasteiger partial charge in [-0.2, -0.15) is 0 Å². The monoisotopic (exact) mass is 299 g/mol. The first-order valence-corrected chi connectivity index (χ1v) is 6.43. The molecule has 1 aromatic carbocycles. The van der Waals surface area contributed by atoms with Crippen molar-refractivity contribution in [2.45, 2.75) is 0 Å². The summed E-state index contributed by atoms with van der Waals surface area (Å²) in [6, 6.07) is 2.37. The number of carbonyl (C=O) groups is 1. The van der Waals surface area contributed by atoms with Crippen LogP contribution in [0.3, 0.4) is 0 Å². The molecule has 2 amide bonds. The lowest BCUT2D eigenvalue weighted by molar-refractivity contribution is 0.167. The molecule has 0 atom stereocenters. The van der Waals surface area contributed by atoms with Crippen LogP contribution in [0.5, 0.6) is 11.5 Å². The lowest BCUT2D eigenvalue weighted by Crippen LogP contribution is -2.38. The molecular weight excluding hydrogens is 278 g/mol. The SMILES string of the molecule is CNc1cc(O)c(NC(=O)N(CCO)CCO)cc1OC. The third-order valence-corrected chi connectivity index (χ3v) is 2.86. The second-order valence-electron chi connectivity index (χ2n) is 4.18. The fraction of sp³-hybridized carbons (Fsp3) is 0.462. The van der Waals surface area contributed by atoms with Gasteiger partial charge in [0.1, 0.15) is 11.5 Å². The summed E-state index contributed by atoms with van der Waals surface area (Å²) in [6.45, 7) is -0.277. The van der Waals surface area contributed by atoms with Gasteiger partial charge in [-0.05, 0) is 0 Å². The highest BCUT2D eigenvalue weighted by Gasteiger charge is 2.16. The van der Waals surface area contributed by atoms with E-state index in [1.165, 1.54) is 24.1 Å². The number of amides is 2. The molecule has 0 aromatic heterocycles. The zero-order valence-corrected chi connectivity index (χ0v) is 12.1. The van der Waals surface area contributed by atoms with Gasteiger partial charge in [0.25, 0.3) is 0 Å². The van der Waals surface area contributed by atoms with Gasteiger partial charge >= 0.3 is 6.03 Å². The molecule has 0 saturated heterocycles. The van der Waals surface area contributed by atoms with Crippen molar-refractivity contribution < 1.29 is 24.9 Å². The number of methoxy groups -OCH3 is 1. The van der Waals surface area contributed by atoms with Gasteiger partial charge in [-0.15, -0.1) is 0 Å². The van der Waals surface area contributed by atoms with Crippen molar-refractivity contribution in [1.29, 1.82) is 0 Å². The molecule has 0 aliphatic heterocycles. The molecule has 1 aromatic rings.